The molecule has 1 N–H and O–H groups in total. The van der Waals surface area contributed by atoms with E-state index in [1.807, 2.05) is 19.1 Å². The molecule has 1 aromatic heterocycles. The molecule has 0 aliphatic rings. The summed E-state index contributed by atoms with van der Waals surface area (Å²) in [4.78, 5) is 10.9. The summed E-state index contributed by atoms with van der Waals surface area (Å²) in [6.07, 6.45) is 0. The summed E-state index contributed by atoms with van der Waals surface area (Å²) >= 11 is 0. The van der Waals surface area contributed by atoms with Gasteiger partial charge in [-0.05, 0) is 19.1 Å². The predicted molar refractivity (Wildman–Crippen MR) is 54.5 cm³/mol. The molecule has 0 aliphatic carbocycles. The number of fused-ring (bicyclic) bond motifs is 1. The fourth-order valence-electron chi connectivity index (χ4n) is 1.53. The van der Waals surface area contributed by atoms with Crippen LogP contribution in [0.5, 0.6) is 5.75 Å². The molecule has 78 valence electrons. The van der Waals surface area contributed by atoms with Crippen LogP contribution >= 0.6 is 0 Å². The van der Waals surface area contributed by atoms with Crippen molar-refractivity contribution in [2.45, 2.75) is 6.92 Å². The van der Waals surface area contributed by atoms with Crippen LogP contribution < -0.4 is 4.74 Å². The lowest BCUT2D eigenvalue weighted by atomic mass is 10.1. The molecule has 0 radical (unpaired) electrons. The van der Waals surface area contributed by atoms with E-state index < -0.39 is 5.97 Å². The highest BCUT2D eigenvalue weighted by Crippen LogP contribution is 2.33. The first-order valence-corrected chi connectivity index (χ1v) is 4.44. The number of rotatable bonds is 2. The summed E-state index contributed by atoms with van der Waals surface area (Å²) in [5.41, 5.74) is 1.55. The number of aromatic carboxylic acids is 1. The molecule has 0 amide bonds. The molecule has 0 saturated carbocycles. The lowest BCUT2D eigenvalue weighted by Gasteiger charge is -1.97. The molecule has 2 rings (SSSR count). The molecule has 0 spiro atoms. The second-order valence-corrected chi connectivity index (χ2v) is 3.27. The van der Waals surface area contributed by atoms with Crippen LogP contribution in [0.2, 0.25) is 0 Å². The van der Waals surface area contributed by atoms with Gasteiger partial charge in [-0.15, -0.1) is 0 Å². The van der Waals surface area contributed by atoms with Crippen molar-refractivity contribution < 1.29 is 19.1 Å². The average molecular weight is 206 g/mol. The molecule has 1 heterocycles. The Kier molecular flexibility index (Phi) is 2.11. The topological polar surface area (TPSA) is 59.7 Å². The number of ether oxygens (including phenoxy) is 1. The number of carboxylic acid groups (broad SMARTS) is 1. The number of methoxy groups -OCH3 is 1. The van der Waals surface area contributed by atoms with E-state index >= 15 is 0 Å². The molecule has 0 fully saturated rings. The zero-order valence-corrected chi connectivity index (χ0v) is 8.40. The summed E-state index contributed by atoms with van der Waals surface area (Å²) in [5, 5.41) is 9.58. The fraction of sp³-hybridized carbons (Fsp3) is 0.182. The van der Waals surface area contributed by atoms with E-state index in [1.165, 1.54) is 7.11 Å². The first kappa shape index (κ1) is 9.58. The summed E-state index contributed by atoms with van der Waals surface area (Å²) in [5.74, 6) is -1.000. The monoisotopic (exact) mass is 206 g/mol. The largest absolute Gasteiger partial charge is 0.492 e. The van der Waals surface area contributed by atoms with Gasteiger partial charge in [0.15, 0.2) is 5.75 Å². The van der Waals surface area contributed by atoms with Gasteiger partial charge in [-0.1, -0.05) is 11.6 Å². The van der Waals surface area contributed by atoms with Gasteiger partial charge in [-0.2, -0.15) is 0 Å². The van der Waals surface area contributed by atoms with Crippen LogP contribution in [0.4, 0.5) is 0 Å². The lowest BCUT2D eigenvalue weighted by molar-refractivity contribution is 0.0660. The number of furan rings is 1. The Morgan fingerprint density at radius 1 is 1.47 bits per heavy atom. The van der Waals surface area contributed by atoms with Gasteiger partial charge in [0, 0.05) is 0 Å². The van der Waals surface area contributed by atoms with Crippen molar-refractivity contribution in [2.75, 3.05) is 7.11 Å². The molecule has 2 aromatic rings. The molecule has 0 aliphatic heterocycles. The van der Waals surface area contributed by atoms with Crippen LogP contribution in [0.25, 0.3) is 11.0 Å². The van der Waals surface area contributed by atoms with Crippen molar-refractivity contribution in [3.8, 4) is 5.75 Å². The van der Waals surface area contributed by atoms with E-state index in [2.05, 4.69) is 0 Å². The maximum Gasteiger partial charge on any atom is 0.375 e. The van der Waals surface area contributed by atoms with Crippen molar-refractivity contribution in [1.29, 1.82) is 0 Å². The van der Waals surface area contributed by atoms with Gasteiger partial charge in [0.25, 0.3) is 5.76 Å². The summed E-state index contributed by atoms with van der Waals surface area (Å²) in [7, 11) is 1.43. The average Bonchev–Trinajstić information content (AvgIpc) is 2.55. The first-order chi connectivity index (χ1) is 7.13. The zero-order chi connectivity index (χ0) is 11.0. The number of aryl methyl sites for hydroxylation is 1. The highest BCUT2D eigenvalue weighted by atomic mass is 16.5. The van der Waals surface area contributed by atoms with Crippen molar-refractivity contribution in [2.24, 2.45) is 0 Å². The molecule has 0 atom stereocenters. The molecule has 0 saturated heterocycles. The predicted octanol–water partition coefficient (Wildman–Crippen LogP) is 2.45. The standard InChI is InChI=1S/C11H10O4/c1-6-3-4-8-7(5-6)9(14-2)10(15-8)11(12)13/h3-5H,1-2H3,(H,12,13). The number of carboxylic acids is 1. The molecular formula is C11H10O4. The van der Waals surface area contributed by atoms with Gasteiger partial charge < -0.3 is 14.3 Å². The lowest BCUT2D eigenvalue weighted by Crippen LogP contribution is -1.96. The number of carbonyl (C=O) groups is 1. The molecule has 4 nitrogen and oxygen atoms in total. The van der Waals surface area contributed by atoms with Crippen molar-refractivity contribution >= 4 is 16.9 Å². The minimum absolute atomic E-state index is 0.155. The maximum absolute atomic E-state index is 10.9. The van der Waals surface area contributed by atoms with E-state index in [-0.39, 0.29) is 11.5 Å². The molecule has 1 aromatic carbocycles. The first-order valence-electron chi connectivity index (χ1n) is 4.44. The zero-order valence-electron chi connectivity index (χ0n) is 8.40. The second-order valence-electron chi connectivity index (χ2n) is 3.27. The van der Waals surface area contributed by atoms with Gasteiger partial charge in [-0.3, -0.25) is 0 Å². The van der Waals surface area contributed by atoms with E-state index in [9.17, 15) is 4.79 Å². The Morgan fingerprint density at radius 3 is 2.80 bits per heavy atom. The van der Waals surface area contributed by atoms with Crippen LogP contribution in [0.1, 0.15) is 16.1 Å². The van der Waals surface area contributed by atoms with Gasteiger partial charge in [-0.25, -0.2) is 4.79 Å². The minimum atomic E-state index is -1.12. The molecule has 0 bridgehead atoms. The SMILES string of the molecule is COc1c(C(=O)O)oc2ccc(C)cc12. The molecular weight excluding hydrogens is 196 g/mol. The normalized spacial score (nSPS) is 10.5. The number of hydrogen-bond acceptors (Lipinski definition) is 3. The van der Waals surface area contributed by atoms with E-state index in [0.29, 0.717) is 11.0 Å². The third kappa shape index (κ3) is 1.44. The summed E-state index contributed by atoms with van der Waals surface area (Å²) in [6, 6.07) is 5.43. The maximum atomic E-state index is 10.9. The second kappa shape index (κ2) is 3.31. The third-order valence-electron chi connectivity index (χ3n) is 2.20. The van der Waals surface area contributed by atoms with Gasteiger partial charge in [0.2, 0.25) is 0 Å². The van der Waals surface area contributed by atoms with Crippen LogP contribution in [0.3, 0.4) is 0 Å². The minimum Gasteiger partial charge on any atom is -0.492 e. The Bertz CT molecular complexity index is 525. The van der Waals surface area contributed by atoms with Crippen LogP contribution in [-0.2, 0) is 0 Å². The van der Waals surface area contributed by atoms with E-state index in [0.717, 1.165) is 5.56 Å². The van der Waals surface area contributed by atoms with Crippen LogP contribution in [-0.4, -0.2) is 18.2 Å². The molecule has 0 unspecified atom stereocenters. The third-order valence-corrected chi connectivity index (χ3v) is 2.20. The van der Waals surface area contributed by atoms with Gasteiger partial charge >= 0.3 is 5.97 Å². The van der Waals surface area contributed by atoms with E-state index in [4.69, 9.17) is 14.3 Å². The number of hydrogen-bond donors (Lipinski definition) is 1. The fourth-order valence-corrected chi connectivity index (χ4v) is 1.53. The van der Waals surface area contributed by atoms with Gasteiger partial charge in [0.1, 0.15) is 5.58 Å². The molecule has 4 heteroatoms. The van der Waals surface area contributed by atoms with Gasteiger partial charge in [0.05, 0.1) is 12.5 Å². The molecule has 15 heavy (non-hydrogen) atoms. The Hall–Kier alpha value is -1.97. The Labute approximate surface area is 86.1 Å². The van der Waals surface area contributed by atoms with Crippen LogP contribution in [0.15, 0.2) is 22.6 Å². The highest BCUT2D eigenvalue weighted by Gasteiger charge is 2.20. The van der Waals surface area contributed by atoms with E-state index in [1.54, 1.807) is 6.07 Å². The summed E-state index contributed by atoms with van der Waals surface area (Å²) in [6.45, 7) is 1.92. The Morgan fingerprint density at radius 2 is 2.20 bits per heavy atom. The number of benzene rings is 1. The smallest absolute Gasteiger partial charge is 0.375 e. The van der Waals surface area contributed by atoms with Crippen molar-refractivity contribution in [1.82, 2.24) is 0 Å². The van der Waals surface area contributed by atoms with Crippen molar-refractivity contribution in [3.63, 3.8) is 0 Å². The van der Waals surface area contributed by atoms with Crippen molar-refractivity contribution in [3.05, 3.63) is 29.5 Å². The highest BCUT2D eigenvalue weighted by molar-refractivity contribution is 5.98. The van der Waals surface area contributed by atoms with Crippen LogP contribution in [0, 0.1) is 6.92 Å². The summed E-state index contributed by atoms with van der Waals surface area (Å²) < 4.78 is 10.2. The quantitative estimate of drug-likeness (QED) is 0.819. The Balaban J connectivity index is 2.79.